The first kappa shape index (κ1) is 20.4. The van der Waals surface area contributed by atoms with E-state index in [0.29, 0.717) is 6.54 Å². The van der Waals surface area contributed by atoms with Gasteiger partial charge >= 0.3 is 0 Å². The molecule has 1 heterocycles. The molecule has 0 saturated carbocycles. The van der Waals surface area contributed by atoms with E-state index in [2.05, 4.69) is 58.0 Å². The first-order valence-corrected chi connectivity index (χ1v) is 10.6. The van der Waals surface area contributed by atoms with Crippen LogP contribution in [0.4, 0.5) is 5.69 Å². The fourth-order valence-corrected chi connectivity index (χ4v) is 4.18. The predicted octanol–water partition coefficient (Wildman–Crippen LogP) is 6.17. The summed E-state index contributed by atoms with van der Waals surface area (Å²) in [5, 5.41) is 0.756. The third-order valence-corrected chi connectivity index (χ3v) is 5.87. The van der Waals surface area contributed by atoms with Crippen molar-refractivity contribution in [2.24, 2.45) is 4.99 Å². The van der Waals surface area contributed by atoms with Gasteiger partial charge in [-0.25, -0.2) is 4.99 Å². The van der Waals surface area contributed by atoms with E-state index in [0.717, 1.165) is 27.7 Å². The third-order valence-electron chi connectivity index (χ3n) is 4.87. The molecule has 1 saturated heterocycles. The van der Waals surface area contributed by atoms with Gasteiger partial charge in [-0.05, 0) is 59.4 Å². The Labute approximate surface area is 172 Å². The molecule has 0 aliphatic carbocycles. The first-order chi connectivity index (χ1) is 13.3. The predicted molar refractivity (Wildman–Crippen MR) is 121 cm³/mol. The Bertz CT molecular complexity index is 920. The zero-order valence-corrected chi connectivity index (χ0v) is 18.1. The molecule has 0 spiro atoms. The second-order valence-corrected chi connectivity index (χ2v) is 8.92. The molecular weight excluding hydrogens is 364 g/mol. The molecule has 2 aromatic carbocycles. The van der Waals surface area contributed by atoms with Crippen molar-refractivity contribution in [3.8, 4) is 0 Å². The Hall–Kier alpha value is -2.33. The summed E-state index contributed by atoms with van der Waals surface area (Å²) < 4.78 is 0. The van der Waals surface area contributed by atoms with Crippen LogP contribution in [0, 0.1) is 0 Å². The normalized spacial score (nSPS) is 17.8. The third kappa shape index (κ3) is 4.39. The van der Waals surface area contributed by atoms with Crippen LogP contribution in [0.1, 0.15) is 51.3 Å². The molecule has 3 nitrogen and oxygen atoms in total. The van der Waals surface area contributed by atoms with Crippen molar-refractivity contribution < 1.29 is 4.79 Å². The SMILES string of the molecule is CCc1ccccc1N=C1S/C(=C/c2ccc(C(C)(C)C)cc2)C(=O)N1CC. The van der Waals surface area contributed by atoms with Crippen molar-refractivity contribution in [3.63, 3.8) is 0 Å². The zero-order chi connectivity index (χ0) is 20.3. The number of likely N-dealkylation sites (N-methyl/N-ethyl adjacent to an activating group) is 1. The van der Waals surface area contributed by atoms with E-state index < -0.39 is 0 Å². The van der Waals surface area contributed by atoms with Crippen LogP contribution in [0.3, 0.4) is 0 Å². The molecular formula is C24H28N2OS. The lowest BCUT2D eigenvalue weighted by molar-refractivity contribution is -0.122. The topological polar surface area (TPSA) is 32.7 Å². The van der Waals surface area contributed by atoms with Crippen molar-refractivity contribution in [2.75, 3.05) is 6.54 Å². The van der Waals surface area contributed by atoms with Crippen molar-refractivity contribution in [2.45, 2.75) is 46.5 Å². The maximum atomic E-state index is 12.9. The summed E-state index contributed by atoms with van der Waals surface area (Å²) in [7, 11) is 0. The molecule has 1 aliphatic rings. The summed E-state index contributed by atoms with van der Waals surface area (Å²) in [5.41, 5.74) is 4.57. The summed E-state index contributed by atoms with van der Waals surface area (Å²) in [6.07, 6.45) is 2.89. The second kappa shape index (κ2) is 8.36. The van der Waals surface area contributed by atoms with E-state index in [-0.39, 0.29) is 11.3 Å². The molecule has 1 aliphatic heterocycles. The number of thioether (sulfide) groups is 1. The van der Waals surface area contributed by atoms with E-state index in [4.69, 9.17) is 4.99 Å². The van der Waals surface area contributed by atoms with Gasteiger partial charge in [0, 0.05) is 6.54 Å². The molecule has 1 amide bonds. The Kier molecular flexibility index (Phi) is 6.09. The molecule has 0 bridgehead atoms. The molecule has 2 aromatic rings. The van der Waals surface area contributed by atoms with Crippen molar-refractivity contribution in [1.82, 2.24) is 4.90 Å². The van der Waals surface area contributed by atoms with Crippen LogP contribution in [-0.4, -0.2) is 22.5 Å². The number of benzene rings is 2. The number of aryl methyl sites for hydroxylation is 1. The smallest absolute Gasteiger partial charge is 0.266 e. The molecule has 4 heteroatoms. The summed E-state index contributed by atoms with van der Waals surface area (Å²) >= 11 is 1.46. The molecule has 3 rings (SSSR count). The minimum Gasteiger partial charge on any atom is -0.287 e. The average Bonchev–Trinajstić information content (AvgIpc) is 2.96. The lowest BCUT2D eigenvalue weighted by Crippen LogP contribution is -2.28. The summed E-state index contributed by atoms with van der Waals surface area (Å²) in [6.45, 7) is 11.3. The number of hydrogen-bond acceptors (Lipinski definition) is 3. The van der Waals surface area contributed by atoms with Crippen molar-refractivity contribution >= 4 is 34.6 Å². The summed E-state index contributed by atoms with van der Waals surface area (Å²) in [4.78, 5) is 20.2. The number of amides is 1. The number of rotatable bonds is 4. The molecule has 0 atom stereocenters. The Morgan fingerprint density at radius 1 is 1.04 bits per heavy atom. The standard InChI is InChI=1S/C24H28N2OS/c1-6-18-10-8-9-11-20(18)25-23-26(7-2)22(27)21(28-23)16-17-12-14-19(15-13-17)24(3,4)5/h8-16H,6-7H2,1-5H3/b21-16+,25-23?. The highest BCUT2D eigenvalue weighted by atomic mass is 32.2. The van der Waals surface area contributed by atoms with E-state index in [1.165, 1.54) is 22.9 Å². The van der Waals surface area contributed by atoms with Gasteiger partial charge in [-0.2, -0.15) is 0 Å². The van der Waals surface area contributed by atoms with Crippen LogP contribution in [0.5, 0.6) is 0 Å². The minimum atomic E-state index is 0.0279. The number of nitrogens with zero attached hydrogens (tertiary/aromatic N) is 2. The first-order valence-electron chi connectivity index (χ1n) is 9.82. The van der Waals surface area contributed by atoms with Crippen LogP contribution >= 0.6 is 11.8 Å². The number of amidine groups is 1. The average molecular weight is 393 g/mol. The van der Waals surface area contributed by atoms with E-state index >= 15 is 0 Å². The lowest BCUT2D eigenvalue weighted by Gasteiger charge is -2.18. The monoisotopic (exact) mass is 392 g/mol. The molecule has 0 unspecified atom stereocenters. The maximum Gasteiger partial charge on any atom is 0.266 e. The van der Waals surface area contributed by atoms with Gasteiger partial charge in [-0.15, -0.1) is 0 Å². The largest absolute Gasteiger partial charge is 0.287 e. The molecule has 28 heavy (non-hydrogen) atoms. The van der Waals surface area contributed by atoms with Gasteiger partial charge in [-0.3, -0.25) is 9.69 Å². The number of carbonyl (C=O) groups excluding carboxylic acids is 1. The Morgan fingerprint density at radius 3 is 2.32 bits per heavy atom. The molecule has 0 N–H and O–H groups in total. The lowest BCUT2D eigenvalue weighted by atomic mass is 9.87. The van der Waals surface area contributed by atoms with Crippen LogP contribution in [0.25, 0.3) is 6.08 Å². The van der Waals surface area contributed by atoms with Crippen molar-refractivity contribution in [3.05, 3.63) is 70.1 Å². The molecule has 0 radical (unpaired) electrons. The van der Waals surface area contributed by atoms with E-state index in [9.17, 15) is 4.79 Å². The fourth-order valence-electron chi connectivity index (χ4n) is 3.12. The number of aliphatic imine (C=N–C) groups is 1. The second-order valence-electron chi connectivity index (χ2n) is 7.91. The van der Waals surface area contributed by atoms with Gasteiger partial charge in [0.05, 0.1) is 10.6 Å². The van der Waals surface area contributed by atoms with Crippen LogP contribution < -0.4 is 0 Å². The summed E-state index contributed by atoms with van der Waals surface area (Å²) in [6, 6.07) is 16.6. The van der Waals surface area contributed by atoms with E-state index in [1.807, 2.05) is 31.2 Å². The molecule has 146 valence electrons. The van der Waals surface area contributed by atoms with Gasteiger partial charge in [0.2, 0.25) is 0 Å². The van der Waals surface area contributed by atoms with Crippen LogP contribution in [0.2, 0.25) is 0 Å². The molecule has 0 aromatic heterocycles. The van der Waals surface area contributed by atoms with Crippen LogP contribution in [-0.2, 0) is 16.6 Å². The number of hydrogen-bond donors (Lipinski definition) is 0. The van der Waals surface area contributed by atoms with Gasteiger partial charge in [0.1, 0.15) is 0 Å². The maximum absolute atomic E-state index is 12.9. The van der Waals surface area contributed by atoms with Gasteiger partial charge in [0.15, 0.2) is 5.17 Å². The number of para-hydroxylation sites is 1. The van der Waals surface area contributed by atoms with Crippen LogP contribution in [0.15, 0.2) is 58.4 Å². The number of carbonyl (C=O) groups is 1. The van der Waals surface area contributed by atoms with Crippen molar-refractivity contribution in [1.29, 1.82) is 0 Å². The fraction of sp³-hybridized carbons (Fsp3) is 0.333. The summed E-state index contributed by atoms with van der Waals surface area (Å²) in [5.74, 6) is 0.0279. The highest BCUT2D eigenvalue weighted by molar-refractivity contribution is 8.18. The molecule has 1 fully saturated rings. The van der Waals surface area contributed by atoms with E-state index in [1.54, 1.807) is 4.90 Å². The van der Waals surface area contributed by atoms with Gasteiger partial charge in [0.25, 0.3) is 5.91 Å². The minimum absolute atomic E-state index is 0.0279. The Morgan fingerprint density at radius 2 is 1.71 bits per heavy atom. The highest BCUT2D eigenvalue weighted by Gasteiger charge is 2.32. The zero-order valence-electron chi connectivity index (χ0n) is 17.3. The Balaban J connectivity index is 1.91. The quantitative estimate of drug-likeness (QED) is 0.583. The van der Waals surface area contributed by atoms with Gasteiger partial charge < -0.3 is 0 Å². The van der Waals surface area contributed by atoms with Gasteiger partial charge in [-0.1, -0.05) is 70.2 Å². The highest BCUT2D eigenvalue weighted by Crippen LogP contribution is 2.35.